The summed E-state index contributed by atoms with van der Waals surface area (Å²) in [6.45, 7) is 5.72. The van der Waals surface area contributed by atoms with Crippen molar-refractivity contribution in [1.82, 2.24) is 10.7 Å². The van der Waals surface area contributed by atoms with Crippen LogP contribution in [0.5, 0.6) is 5.75 Å². The molecule has 2 rings (SSSR count). The Kier molecular flexibility index (Phi) is 4.49. The van der Waals surface area contributed by atoms with Crippen molar-refractivity contribution in [3.63, 3.8) is 0 Å². The first kappa shape index (κ1) is 16.0. The molecule has 118 valence electrons. The predicted molar refractivity (Wildman–Crippen MR) is 84.2 cm³/mol. The number of hydrogen-bond donors (Lipinski definition) is 2. The average Bonchev–Trinajstić information content (AvgIpc) is 2.95. The number of ketones is 1. The largest absolute Gasteiger partial charge is 0.497 e. The predicted octanol–water partition coefficient (Wildman–Crippen LogP) is 1.51. The number of carbonyl (C=O) groups excluding carboxylic acids is 2. The van der Waals surface area contributed by atoms with E-state index in [0.717, 1.165) is 0 Å². The fourth-order valence-corrected chi connectivity index (χ4v) is 2.10. The Morgan fingerprint density at radius 1 is 1.27 bits per heavy atom. The van der Waals surface area contributed by atoms with E-state index in [-0.39, 0.29) is 23.7 Å². The molecule has 0 saturated carbocycles. The highest BCUT2D eigenvalue weighted by molar-refractivity contribution is 6.46. The normalized spacial score (nSPS) is 17.5. The molecular weight excluding hydrogens is 282 g/mol. The molecule has 1 atom stereocenters. The average molecular weight is 303 g/mol. The van der Waals surface area contributed by atoms with Crippen LogP contribution >= 0.6 is 0 Å². The van der Waals surface area contributed by atoms with Crippen LogP contribution in [0.3, 0.4) is 0 Å². The van der Waals surface area contributed by atoms with E-state index in [0.29, 0.717) is 17.0 Å². The second kappa shape index (κ2) is 6.17. The first-order valence-corrected chi connectivity index (χ1v) is 7.13. The summed E-state index contributed by atoms with van der Waals surface area (Å²) in [4.78, 5) is 24.4. The molecule has 1 aromatic rings. The molecule has 0 aromatic heterocycles. The Balaban J connectivity index is 2.00. The number of carbonyl (C=O) groups is 2. The van der Waals surface area contributed by atoms with Gasteiger partial charge in [0.1, 0.15) is 17.5 Å². The number of nitrogens with zero attached hydrogens (tertiary/aromatic N) is 1. The van der Waals surface area contributed by atoms with Crippen molar-refractivity contribution in [2.45, 2.75) is 38.8 Å². The van der Waals surface area contributed by atoms with Crippen molar-refractivity contribution in [1.29, 1.82) is 0 Å². The molecule has 6 nitrogen and oxygen atoms in total. The summed E-state index contributed by atoms with van der Waals surface area (Å²) < 4.78 is 5.06. The number of benzene rings is 1. The van der Waals surface area contributed by atoms with Crippen molar-refractivity contribution in [2.75, 3.05) is 7.11 Å². The quantitative estimate of drug-likeness (QED) is 0.826. The van der Waals surface area contributed by atoms with Gasteiger partial charge in [-0.05, 0) is 45.0 Å². The van der Waals surface area contributed by atoms with Gasteiger partial charge < -0.3 is 10.1 Å². The molecule has 0 radical (unpaired) electrons. The molecule has 2 N–H and O–H groups in total. The molecule has 0 bridgehead atoms. The van der Waals surface area contributed by atoms with Gasteiger partial charge in [0.05, 0.1) is 7.11 Å². The minimum absolute atomic E-state index is 0.159. The highest BCUT2D eigenvalue weighted by Crippen LogP contribution is 2.15. The summed E-state index contributed by atoms with van der Waals surface area (Å²) >= 11 is 0. The van der Waals surface area contributed by atoms with Gasteiger partial charge in [-0.25, -0.2) is 0 Å². The van der Waals surface area contributed by atoms with Crippen LogP contribution in [0.15, 0.2) is 29.4 Å². The number of hydrazone groups is 1. The zero-order valence-corrected chi connectivity index (χ0v) is 13.3. The van der Waals surface area contributed by atoms with E-state index in [9.17, 15) is 9.59 Å². The number of ether oxygens (including phenoxy) is 1. The van der Waals surface area contributed by atoms with Gasteiger partial charge in [-0.1, -0.05) is 0 Å². The third-order valence-corrected chi connectivity index (χ3v) is 3.18. The third kappa shape index (κ3) is 3.84. The van der Waals surface area contributed by atoms with Gasteiger partial charge in [0, 0.05) is 17.5 Å². The molecule has 1 aliphatic rings. The summed E-state index contributed by atoms with van der Waals surface area (Å²) in [5, 5.41) is 6.88. The van der Waals surface area contributed by atoms with E-state index in [2.05, 4.69) is 15.8 Å². The SMILES string of the molecule is COc1ccc(C(=O)C2=NNC(C(=O)NC(C)(C)C)C2)cc1. The van der Waals surface area contributed by atoms with Gasteiger partial charge in [-0.2, -0.15) is 5.10 Å². The molecule has 0 saturated heterocycles. The Bertz CT molecular complexity index is 600. The van der Waals surface area contributed by atoms with Gasteiger partial charge in [0.25, 0.3) is 0 Å². The lowest BCUT2D eigenvalue weighted by atomic mass is 10.0. The zero-order valence-electron chi connectivity index (χ0n) is 13.3. The molecule has 1 amide bonds. The molecule has 1 aliphatic heterocycles. The maximum Gasteiger partial charge on any atom is 0.244 e. The zero-order chi connectivity index (χ0) is 16.3. The van der Waals surface area contributed by atoms with Gasteiger partial charge in [-0.15, -0.1) is 0 Å². The van der Waals surface area contributed by atoms with E-state index in [1.54, 1.807) is 31.4 Å². The van der Waals surface area contributed by atoms with Crippen molar-refractivity contribution in [3.05, 3.63) is 29.8 Å². The minimum atomic E-state index is -0.503. The van der Waals surface area contributed by atoms with Crippen LogP contribution in [0.1, 0.15) is 37.6 Å². The van der Waals surface area contributed by atoms with Gasteiger partial charge in [0.15, 0.2) is 0 Å². The van der Waals surface area contributed by atoms with E-state index in [4.69, 9.17) is 4.74 Å². The van der Waals surface area contributed by atoms with Crippen LogP contribution in [0, 0.1) is 0 Å². The van der Waals surface area contributed by atoms with Crippen LogP contribution in [0.2, 0.25) is 0 Å². The van der Waals surface area contributed by atoms with Crippen LogP contribution < -0.4 is 15.5 Å². The second-order valence-corrected chi connectivity index (χ2v) is 6.24. The van der Waals surface area contributed by atoms with Crippen molar-refractivity contribution in [2.24, 2.45) is 5.10 Å². The van der Waals surface area contributed by atoms with Crippen LogP contribution in [-0.4, -0.2) is 36.1 Å². The maximum absolute atomic E-state index is 12.4. The fourth-order valence-electron chi connectivity index (χ4n) is 2.10. The molecule has 1 aromatic carbocycles. The van der Waals surface area contributed by atoms with Crippen LogP contribution in [-0.2, 0) is 4.79 Å². The lowest BCUT2D eigenvalue weighted by Crippen LogP contribution is -2.48. The van der Waals surface area contributed by atoms with E-state index >= 15 is 0 Å². The molecule has 6 heteroatoms. The summed E-state index contributed by atoms with van der Waals surface area (Å²) in [6, 6.07) is 6.31. The summed E-state index contributed by atoms with van der Waals surface area (Å²) in [5.41, 5.74) is 3.30. The molecule has 22 heavy (non-hydrogen) atoms. The van der Waals surface area contributed by atoms with Gasteiger partial charge in [0.2, 0.25) is 11.7 Å². The van der Waals surface area contributed by atoms with E-state index in [1.807, 2.05) is 20.8 Å². The van der Waals surface area contributed by atoms with Crippen LogP contribution in [0.4, 0.5) is 0 Å². The van der Waals surface area contributed by atoms with Gasteiger partial charge >= 0.3 is 0 Å². The summed E-state index contributed by atoms with van der Waals surface area (Å²) in [7, 11) is 1.57. The monoisotopic (exact) mass is 303 g/mol. The lowest BCUT2D eigenvalue weighted by molar-refractivity contribution is -0.124. The second-order valence-electron chi connectivity index (χ2n) is 6.24. The molecule has 1 heterocycles. The number of Topliss-reactive ketones (excluding diaryl/α,β-unsaturated/α-hetero) is 1. The van der Waals surface area contributed by atoms with Crippen molar-refractivity contribution >= 4 is 17.4 Å². The molecule has 0 spiro atoms. The van der Waals surface area contributed by atoms with E-state index in [1.165, 1.54) is 0 Å². The minimum Gasteiger partial charge on any atom is -0.497 e. The summed E-state index contributed by atoms with van der Waals surface area (Å²) in [5.74, 6) is 0.348. The Labute approximate surface area is 129 Å². The highest BCUT2D eigenvalue weighted by Gasteiger charge is 2.31. The number of nitrogens with one attached hydrogen (secondary N) is 2. The number of methoxy groups -OCH3 is 1. The topological polar surface area (TPSA) is 79.8 Å². The smallest absolute Gasteiger partial charge is 0.244 e. The Morgan fingerprint density at radius 3 is 2.45 bits per heavy atom. The highest BCUT2D eigenvalue weighted by atomic mass is 16.5. The first-order chi connectivity index (χ1) is 10.3. The fraction of sp³-hybridized carbons (Fsp3) is 0.438. The van der Waals surface area contributed by atoms with Gasteiger partial charge in [-0.3, -0.25) is 15.0 Å². The van der Waals surface area contributed by atoms with Crippen molar-refractivity contribution in [3.8, 4) is 5.75 Å². The lowest BCUT2D eigenvalue weighted by Gasteiger charge is -2.22. The molecule has 0 aliphatic carbocycles. The molecular formula is C16H21N3O3. The number of hydrogen-bond acceptors (Lipinski definition) is 5. The number of rotatable bonds is 4. The number of amides is 1. The maximum atomic E-state index is 12.4. The first-order valence-electron chi connectivity index (χ1n) is 7.13. The Morgan fingerprint density at radius 2 is 1.91 bits per heavy atom. The molecule has 1 unspecified atom stereocenters. The standard InChI is InChI=1S/C16H21N3O3/c1-16(2,3)17-15(21)13-9-12(18-19-13)14(20)10-5-7-11(22-4)8-6-10/h5-8,13,19H,9H2,1-4H3,(H,17,21). The molecule has 0 fully saturated rings. The summed E-state index contributed by atoms with van der Waals surface area (Å²) in [6.07, 6.45) is 0.284. The third-order valence-electron chi connectivity index (χ3n) is 3.18. The van der Waals surface area contributed by atoms with Crippen molar-refractivity contribution < 1.29 is 14.3 Å². The van der Waals surface area contributed by atoms with E-state index < -0.39 is 6.04 Å². The Hall–Kier alpha value is -2.37. The van der Waals surface area contributed by atoms with Crippen LogP contribution in [0.25, 0.3) is 0 Å².